The second-order valence-electron chi connectivity index (χ2n) is 6.67. The monoisotopic (exact) mass is 545 g/mol. The molecule has 3 aromatic rings. The molecule has 1 heterocycles. The van der Waals surface area contributed by atoms with Crippen LogP contribution in [0.4, 0.5) is 0 Å². The molecule has 0 N–H and O–H groups in total. The van der Waals surface area contributed by atoms with Crippen LogP contribution >= 0.6 is 31.9 Å². The van der Waals surface area contributed by atoms with E-state index >= 15 is 0 Å². The smallest absolute Gasteiger partial charge is 0.282 e. The number of hydrogen-bond donors (Lipinski definition) is 0. The Morgan fingerprint density at radius 1 is 1.26 bits per heavy atom. The van der Waals surface area contributed by atoms with Crippen molar-refractivity contribution in [1.29, 1.82) is 0 Å². The third-order valence-corrected chi connectivity index (χ3v) is 5.72. The molecule has 2 aromatic carbocycles. The molecule has 0 fully saturated rings. The number of ether oxygens (including phenoxy) is 2. The van der Waals surface area contributed by atoms with Gasteiger partial charge in [0.2, 0.25) is 0 Å². The van der Waals surface area contributed by atoms with Gasteiger partial charge in [0.25, 0.3) is 5.56 Å². The molecule has 0 saturated heterocycles. The van der Waals surface area contributed by atoms with Crippen molar-refractivity contribution in [3.63, 3.8) is 0 Å². The Balaban J connectivity index is 2.08. The van der Waals surface area contributed by atoms with Crippen LogP contribution in [0.15, 0.2) is 49.2 Å². The molecule has 0 atom stereocenters. The number of aryl methyl sites for hydroxylation is 1. The van der Waals surface area contributed by atoms with Gasteiger partial charge in [-0.3, -0.25) is 4.79 Å². The summed E-state index contributed by atoms with van der Waals surface area (Å²) in [6.07, 6.45) is 9.41. The van der Waals surface area contributed by atoms with Crippen LogP contribution in [0.2, 0.25) is 0 Å². The molecule has 160 valence electrons. The molecular formula is C23H21Br2N3O3. The van der Waals surface area contributed by atoms with E-state index in [-0.39, 0.29) is 12.2 Å². The number of unbranched alkanes of at least 4 members (excludes halogenated alkanes) is 1. The molecular weight excluding hydrogens is 526 g/mol. The Morgan fingerprint density at radius 2 is 2.06 bits per heavy atom. The highest BCUT2D eigenvalue weighted by atomic mass is 79.9. The van der Waals surface area contributed by atoms with Crippen molar-refractivity contribution in [2.45, 2.75) is 26.2 Å². The number of hydrogen-bond acceptors (Lipinski definition) is 5. The first-order chi connectivity index (χ1) is 15.0. The highest BCUT2D eigenvalue weighted by molar-refractivity contribution is 9.10. The largest absolute Gasteiger partial charge is 0.493 e. The fourth-order valence-corrected chi connectivity index (χ4v) is 3.76. The molecule has 0 bridgehead atoms. The van der Waals surface area contributed by atoms with E-state index in [2.05, 4.69) is 54.8 Å². The minimum atomic E-state index is -0.217. The minimum Gasteiger partial charge on any atom is -0.493 e. The van der Waals surface area contributed by atoms with Crippen LogP contribution in [0.1, 0.15) is 31.2 Å². The summed E-state index contributed by atoms with van der Waals surface area (Å²) in [5.41, 5.74) is 1.15. The molecule has 1 aromatic heterocycles. The third-order valence-electron chi connectivity index (χ3n) is 4.54. The maximum Gasteiger partial charge on any atom is 0.282 e. The third kappa shape index (κ3) is 5.35. The lowest BCUT2D eigenvalue weighted by atomic mass is 10.2. The molecule has 0 saturated carbocycles. The molecule has 8 heteroatoms. The summed E-state index contributed by atoms with van der Waals surface area (Å²) in [4.78, 5) is 17.9. The fourth-order valence-electron chi connectivity index (χ4n) is 2.97. The molecule has 3 rings (SSSR count). The van der Waals surface area contributed by atoms with E-state index in [1.54, 1.807) is 31.5 Å². The van der Waals surface area contributed by atoms with E-state index in [4.69, 9.17) is 15.9 Å². The summed E-state index contributed by atoms with van der Waals surface area (Å²) in [6.45, 7) is 2.22. The first kappa shape index (κ1) is 23.0. The highest BCUT2D eigenvalue weighted by Gasteiger charge is 2.12. The number of terminal acetylenes is 1. The fraction of sp³-hybridized carbons (Fsp3) is 0.261. The minimum absolute atomic E-state index is 0.130. The first-order valence-electron chi connectivity index (χ1n) is 9.67. The Labute approximate surface area is 197 Å². The van der Waals surface area contributed by atoms with Gasteiger partial charge >= 0.3 is 0 Å². The lowest BCUT2D eigenvalue weighted by molar-refractivity contribution is 0.330. The maximum absolute atomic E-state index is 13.2. The van der Waals surface area contributed by atoms with Crippen molar-refractivity contribution in [2.24, 2.45) is 5.10 Å². The van der Waals surface area contributed by atoms with Gasteiger partial charge in [0.05, 0.1) is 24.2 Å². The number of rotatable bonds is 8. The van der Waals surface area contributed by atoms with Crippen LogP contribution in [0.25, 0.3) is 10.9 Å². The number of methoxy groups -OCH3 is 1. The first-order valence-corrected chi connectivity index (χ1v) is 11.3. The predicted octanol–water partition coefficient (Wildman–Crippen LogP) is 5.17. The number of halogens is 2. The standard InChI is InChI=1S/C23H21Br2N3O3/c1-4-6-7-22-27-19-9-8-16(24)12-17(19)23(29)28(22)26-14-15-11-20(30-3)21(13-18(15)25)31-10-5-2/h2,8-9,11-14H,4,6-7,10H2,1,3H3. The van der Waals surface area contributed by atoms with Gasteiger partial charge in [-0.1, -0.05) is 35.2 Å². The lowest BCUT2D eigenvalue weighted by Crippen LogP contribution is -2.22. The van der Waals surface area contributed by atoms with E-state index in [0.717, 1.165) is 21.8 Å². The van der Waals surface area contributed by atoms with Gasteiger partial charge in [-0.2, -0.15) is 9.78 Å². The van der Waals surface area contributed by atoms with Gasteiger partial charge in [0, 0.05) is 20.9 Å². The van der Waals surface area contributed by atoms with Crippen LogP contribution in [-0.2, 0) is 6.42 Å². The summed E-state index contributed by atoms with van der Waals surface area (Å²) in [5.74, 6) is 4.08. The molecule has 0 unspecified atom stereocenters. The Kier molecular flexibility index (Phi) is 7.88. The van der Waals surface area contributed by atoms with E-state index in [9.17, 15) is 4.79 Å². The van der Waals surface area contributed by atoms with Crippen molar-refractivity contribution in [1.82, 2.24) is 9.66 Å². The van der Waals surface area contributed by atoms with E-state index in [1.807, 2.05) is 12.1 Å². The topological polar surface area (TPSA) is 65.7 Å². The molecule has 0 aliphatic rings. The normalized spacial score (nSPS) is 11.1. The highest BCUT2D eigenvalue weighted by Crippen LogP contribution is 2.33. The van der Waals surface area contributed by atoms with Crippen molar-refractivity contribution in [3.8, 4) is 23.8 Å². The van der Waals surface area contributed by atoms with Crippen LogP contribution in [0.5, 0.6) is 11.5 Å². The van der Waals surface area contributed by atoms with Crippen molar-refractivity contribution < 1.29 is 9.47 Å². The van der Waals surface area contributed by atoms with Crippen LogP contribution in [0.3, 0.4) is 0 Å². The van der Waals surface area contributed by atoms with Gasteiger partial charge in [0.15, 0.2) is 11.5 Å². The SMILES string of the molecule is C#CCOc1cc(Br)c(C=Nn2c(CCCC)nc3ccc(Br)cc3c2=O)cc1OC. The van der Waals surface area contributed by atoms with E-state index in [1.165, 1.54) is 4.68 Å². The number of aromatic nitrogens is 2. The average molecular weight is 547 g/mol. The number of fused-ring (bicyclic) bond motifs is 1. The van der Waals surface area contributed by atoms with Crippen LogP contribution in [-0.4, -0.2) is 29.6 Å². The van der Waals surface area contributed by atoms with E-state index < -0.39 is 0 Å². The van der Waals surface area contributed by atoms with Gasteiger partial charge in [0.1, 0.15) is 12.4 Å². The molecule has 0 spiro atoms. The van der Waals surface area contributed by atoms with Crippen molar-refractivity contribution >= 4 is 49.0 Å². The number of nitrogens with zero attached hydrogens (tertiary/aromatic N) is 3. The summed E-state index contributed by atoms with van der Waals surface area (Å²) >= 11 is 6.94. The Morgan fingerprint density at radius 3 is 2.77 bits per heavy atom. The molecule has 0 aliphatic carbocycles. The van der Waals surface area contributed by atoms with Crippen molar-refractivity contribution in [2.75, 3.05) is 13.7 Å². The van der Waals surface area contributed by atoms with Gasteiger partial charge < -0.3 is 9.47 Å². The molecule has 6 nitrogen and oxygen atoms in total. The summed E-state index contributed by atoms with van der Waals surface area (Å²) < 4.78 is 13.8. The van der Waals surface area contributed by atoms with Crippen molar-refractivity contribution in [3.05, 3.63) is 61.0 Å². The van der Waals surface area contributed by atoms with Crippen LogP contribution in [0, 0.1) is 12.3 Å². The molecule has 0 amide bonds. The lowest BCUT2D eigenvalue weighted by Gasteiger charge is -2.12. The zero-order valence-corrected chi connectivity index (χ0v) is 20.4. The summed E-state index contributed by atoms with van der Waals surface area (Å²) in [7, 11) is 1.55. The van der Waals surface area contributed by atoms with E-state index in [0.29, 0.717) is 40.2 Å². The summed E-state index contributed by atoms with van der Waals surface area (Å²) in [6, 6.07) is 8.99. The average Bonchev–Trinajstić information content (AvgIpc) is 2.77. The van der Waals surface area contributed by atoms with Gasteiger partial charge in [-0.05, 0) is 52.7 Å². The summed E-state index contributed by atoms with van der Waals surface area (Å²) in [5, 5.41) is 4.98. The van der Waals surface area contributed by atoms with Gasteiger partial charge in [-0.25, -0.2) is 4.98 Å². The second kappa shape index (κ2) is 10.6. The van der Waals surface area contributed by atoms with Crippen LogP contribution < -0.4 is 15.0 Å². The predicted molar refractivity (Wildman–Crippen MR) is 130 cm³/mol. The second-order valence-corrected chi connectivity index (χ2v) is 8.44. The van der Waals surface area contributed by atoms with Gasteiger partial charge in [-0.15, -0.1) is 6.42 Å². The Hall–Kier alpha value is -2.63. The zero-order chi connectivity index (χ0) is 22.4. The zero-order valence-electron chi connectivity index (χ0n) is 17.2. The molecule has 31 heavy (non-hydrogen) atoms. The maximum atomic E-state index is 13.2. The molecule has 0 aliphatic heterocycles. The Bertz CT molecular complexity index is 1230. The molecule has 0 radical (unpaired) electrons. The number of benzene rings is 2. The quantitative estimate of drug-likeness (QED) is 0.289.